The maximum Gasteiger partial charge on any atom is 0.453 e. The third-order valence-corrected chi connectivity index (χ3v) is 2.01. The van der Waals surface area contributed by atoms with Crippen molar-refractivity contribution in [3.05, 3.63) is 11.6 Å². The molecule has 84 valence electrons. The average Bonchev–Trinajstić information content (AvgIpc) is 2.45. The van der Waals surface area contributed by atoms with E-state index < -0.39 is 18.0 Å². The molecule has 1 rings (SSSR count). The maximum atomic E-state index is 12.2. The van der Waals surface area contributed by atoms with Crippen LogP contribution in [0, 0.1) is 6.92 Å². The molecule has 7 heteroatoms. The van der Waals surface area contributed by atoms with Gasteiger partial charge in [-0.05, 0) is 20.8 Å². The summed E-state index contributed by atoms with van der Waals surface area (Å²) in [6, 6.07) is -0.728. The number of carbonyl (C=O) groups is 1. The highest BCUT2D eigenvalue weighted by Crippen LogP contribution is 2.26. The molecular formula is C8H10F3N3O. The molecule has 15 heavy (non-hydrogen) atoms. The van der Waals surface area contributed by atoms with Gasteiger partial charge in [0.1, 0.15) is 11.9 Å². The number of halogens is 3. The normalized spacial score (nSPS) is 14.0. The Kier molecular flexibility index (Phi) is 2.83. The molecule has 1 atom stereocenters. The summed E-state index contributed by atoms with van der Waals surface area (Å²) in [5.74, 6) is -1.41. The summed E-state index contributed by atoms with van der Waals surface area (Å²) in [5.41, 5.74) is 0. The second-order valence-corrected chi connectivity index (χ2v) is 3.21. The lowest BCUT2D eigenvalue weighted by Crippen LogP contribution is -2.17. The standard InChI is InChI=1S/C8H10F3N3O/c1-4(5(2)15)14-6(3)12-7(13-14)8(9,10)11/h4H,1-3H3. The first-order chi connectivity index (χ1) is 6.73. The van der Waals surface area contributed by atoms with Gasteiger partial charge in [-0.25, -0.2) is 9.67 Å². The van der Waals surface area contributed by atoms with E-state index in [-0.39, 0.29) is 11.6 Å². The van der Waals surface area contributed by atoms with E-state index >= 15 is 0 Å². The van der Waals surface area contributed by atoms with Crippen LogP contribution in [0.1, 0.15) is 31.5 Å². The van der Waals surface area contributed by atoms with Crippen LogP contribution >= 0.6 is 0 Å². The van der Waals surface area contributed by atoms with Crippen LogP contribution in [0.5, 0.6) is 0 Å². The van der Waals surface area contributed by atoms with E-state index in [1.165, 1.54) is 20.8 Å². The summed E-state index contributed by atoms with van der Waals surface area (Å²) in [5, 5.41) is 3.26. The zero-order valence-corrected chi connectivity index (χ0v) is 8.46. The van der Waals surface area contributed by atoms with Crippen molar-refractivity contribution in [2.45, 2.75) is 33.0 Å². The quantitative estimate of drug-likeness (QED) is 0.764. The van der Waals surface area contributed by atoms with Crippen molar-refractivity contribution < 1.29 is 18.0 Å². The first-order valence-corrected chi connectivity index (χ1v) is 4.24. The Labute approximate surface area is 84.1 Å². The van der Waals surface area contributed by atoms with Gasteiger partial charge in [-0.15, -0.1) is 5.10 Å². The summed E-state index contributed by atoms with van der Waals surface area (Å²) in [4.78, 5) is 14.2. The number of Topliss-reactive ketones (excluding diaryl/α,β-unsaturated/α-hetero) is 1. The average molecular weight is 221 g/mol. The predicted molar refractivity (Wildman–Crippen MR) is 45.2 cm³/mol. The molecule has 0 spiro atoms. The number of hydrogen-bond donors (Lipinski definition) is 0. The molecular weight excluding hydrogens is 211 g/mol. The smallest absolute Gasteiger partial charge is 0.298 e. The van der Waals surface area contributed by atoms with Gasteiger partial charge in [0.2, 0.25) is 0 Å². The highest BCUT2D eigenvalue weighted by Gasteiger charge is 2.37. The Morgan fingerprint density at radius 3 is 2.33 bits per heavy atom. The molecule has 0 amide bonds. The van der Waals surface area contributed by atoms with E-state index in [2.05, 4.69) is 10.1 Å². The van der Waals surface area contributed by atoms with Crippen LogP contribution in [0.15, 0.2) is 0 Å². The third kappa shape index (κ3) is 2.34. The number of aromatic nitrogens is 3. The zero-order chi connectivity index (χ0) is 11.8. The van der Waals surface area contributed by atoms with Crippen LogP contribution in [0.4, 0.5) is 13.2 Å². The van der Waals surface area contributed by atoms with Gasteiger partial charge in [0, 0.05) is 0 Å². The topological polar surface area (TPSA) is 47.8 Å². The number of carbonyl (C=O) groups excluding carboxylic acids is 1. The second-order valence-electron chi connectivity index (χ2n) is 3.21. The van der Waals surface area contributed by atoms with Crippen molar-refractivity contribution >= 4 is 5.78 Å². The van der Waals surface area contributed by atoms with E-state index in [1.807, 2.05) is 0 Å². The molecule has 0 fully saturated rings. The monoisotopic (exact) mass is 221 g/mol. The molecule has 0 N–H and O–H groups in total. The largest absolute Gasteiger partial charge is 0.453 e. The maximum absolute atomic E-state index is 12.2. The Hall–Kier alpha value is -1.40. The summed E-state index contributed by atoms with van der Waals surface area (Å²) >= 11 is 0. The van der Waals surface area contributed by atoms with Crippen molar-refractivity contribution in [2.24, 2.45) is 0 Å². The minimum absolute atomic E-state index is 0.0741. The number of nitrogens with zero attached hydrogens (tertiary/aromatic N) is 3. The van der Waals surface area contributed by atoms with Gasteiger partial charge in [0.25, 0.3) is 5.82 Å². The number of aryl methyl sites for hydroxylation is 1. The second kappa shape index (κ2) is 3.63. The Balaban J connectivity index is 3.12. The van der Waals surface area contributed by atoms with E-state index in [1.54, 1.807) is 0 Å². The van der Waals surface area contributed by atoms with Gasteiger partial charge < -0.3 is 0 Å². The van der Waals surface area contributed by atoms with Gasteiger partial charge >= 0.3 is 6.18 Å². The van der Waals surface area contributed by atoms with Crippen LogP contribution in [0.3, 0.4) is 0 Å². The fourth-order valence-electron chi connectivity index (χ4n) is 1.06. The van der Waals surface area contributed by atoms with Crippen molar-refractivity contribution in [1.82, 2.24) is 14.8 Å². The van der Waals surface area contributed by atoms with Crippen molar-refractivity contribution in [2.75, 3.05) is 0 Å². The van der Waals surface area contributed by atoms with Gasteiger partial charge in [0.15, 0.2) is 5.78 Å². The number of rotatable bonds is 2. The molecule has 0 aliphatic carbocycles. The van der Waals surface area contributed by atoms with Crippen LogP contribution in [0.2, 0.25) is 0 Å². The molecule has 1 aromatic rings. The van der Waals surface area contributed by atoms with Gasteiger partial charge in [-0.1, -0.05) is 0 Å². The van der Waals surface area contributed by atoms with Crippen LogP contribution in [-0.4, -0.2) is 20.5 Å². The SMILES string of the molecule is CC(=O)C(C)n1nc(C(F)(F)F)nc1C. The lowest BCUT2D eigenvalue weighted by molar-refractivity contribution is -0.145. The van der Waals surface area contributed by atoms with Crippen molar-refractivity contribution in [1.29, 1.82) is 0 Å². The minimum atomic E-state index is -4.58. The number of alkyl halides is 3. The Morgan fingerprint density at radius 2 is 2.00 bits per heavy atom. The molecule has 0 aromatic carbocycles. The van der Waals surface area contributed by atoms with E-state index in [4.69, 9.17) is 0 Å². The van der Waals surface area contributed by atoms with E-state index in [0.717, 1.165) is 4.68 Å². The van der Waals surface area contributed by atoms with Crippen LogP contribution in [0.25, 0.3) is 0 Å². The van der Waals surface area contributed by atoms with E-state index in [9.17, 15) is 18.0 Å². The Morgan fingerprint density at radius 1 is 1.47 bits per heavy atom. The molecule has 1 aromatic heterocycles. The molecule has 0 bridgehead atoms. The molecule has 0 saturated heterocycles. The molecule has 0 aliphatic rings. The molecule has 0 saturated carbocycles. The molecule has 1 unspecified atom stereocenters. The summed E-state index contributed by atoms with van der Waals surface area (Å²) in [7, 11) is 0. The first-order valence-electron chi connectivity index (χ1n) is 4.24. The van der Waals surface area contributed by atoms with Gasteiger partial charge in [0.05, 0.1) is 0 Å². The summed E-state index contributed by atoms with van der Waals surface area (Å²) in [6.07, 6.45) is -4.58. The number of hydrogen-bond acceptors (Lipinski definition) is 3. The lowest BCUT2D eigenvalue weighted by atomic mass is 10.2. The lowest BCUT2D eigenvalue weighted by Gasteiger charge is -2.08. The van der Waals surface area contributed by atoms with Gasteiger partial charge in [-0.2, -0.15) is 13.2 Å². The fraction of sp³-hybridized carbons (Fsp3) is 0.625. The molecule has 1 heterocycles. The first kappa shape index (κ1) is 11.7. The molecule has 0 aliphatic heterocycles. The van der Waals surface area contributed by atoms with Crippen molar-refractivity contribution in [3.8, 4) is 0 Å². The highest BCUT2D eigenvalue weighted by molar-refractivity contribution is 5.79. The van der Waals surface area contributed by atoms with Gasteiger partial charge in [-0.3, -0.25) is 4.79 Å². The minimum Gasteiger partial charge on any atom is -0.298 e. The van der Waals surface area contributed by atoms with Crippen LogP contribution in [-0.2, 0) is 11.0 Å². The summed E-state index contributed by atoms with van der Waals surface area (Å²) in [6.45, 7) is 4.14. The molecule has 4 nitrogen and oxygen atoms in total. The van der Waals surface area contributed by atoms with Crippen LogP contribution < -0.4 is 0 Å². The third-order valence-electron chi connectivity index (χ3n) is 2.01. The van der Waals surface area contributed by atoms with E-state index in [0.29, 0.717) is 0 Å². The molecule has 0 radical (unpaired) electrons. The number of ketones is 1. The fourth-order valence-corrected chi connectivity index (χ4v) is 1.06. The zero-order valence-electron chi connectivity index (χ0n) is 8.46. The predicted octanol–water partition coefficient (Wildman–Crippen LogP) is 1.76. The van der Waals surface area contributed by atoms with Crippen molar-refractivity contribution in [3.63, 3.8) is 0 Å². The summed E-state index contributed by atoms with van der Waals surface area (Å²) < 4.78 is 37.6. The highest BCUT2D eigenvalue weighted by atomic mass is 19.4. The Bertz CT molecular complexity index is 383.